The van der Waals surface area contributed by atoms with Gasteiger partial charge in [0.05, 0.1) is 12.3 Å². The summed E-state index contributed by atoms with van der Waals surface area (Å²) in [5.41, 5.74) is 5.82. The van der Waals surface area contributed by atoms with Gasteiger partial charge in [-0.25, -0.2) is 0 Å². The second kappa shape index (κ2) is 10.2. The summed E-state index contributed by atoms with van der Waals surface area (Å²) >= 11 is 5.29. The molecule has 1 aromatic heterocycles. The molecule has 3 aromatic rings. The molecule has 2 aromatic carbocycles. The van der Waals surface area contributed by atoms with Gasteiger partial charge in [0.25, 0.3) is 5.91 Å². The van der Waals surface area contributed by atoms with E-state index in [0.29, 0.717) is 18.1 Å². The Morgan fingerprint density at radius 3 is 2.35 bits per heavy atom. The number of hydrogen-bond acceptors (Lipinski definition) is 4. The largest absolute Gasteiger partial charge is 0.493 e. The number of ether oxygens (including phenoxy) is 1. The van der Waals surface area contributed by atoms with Gasteiger partial charge in [-0.2, -0.15) is 5.10 Å². The fraction of sp³-hybridized carbons (Fsp3) is 0.292. The number of thiocarbonyl (C=S) groups is 1. The van der Waals surface area contributed by atoms with Crippen molar-refractivity contribution in [3.63, 3.8) is 0 Å². The summed E-state index contributed by atoms with van der Waals surface area (Å²) in [5.74, 6) is 0.918. The number of aromatic amines is 1. The molecule has 0 unspecified atom stereocenters. The van der Waals surface area contributed by atoms with Crippen LogP contribution < -0.4 is 15.4 Å². The molecule has 3 rings (SSSR count). The molecule has 1 amide bonds. The third-order valence-corrected chi connectivity index (χ3v) is 5.00. The highest BCUT2D eigenvalue weighted by Crippen LogP contribution is 2.18. The number of nitrogens with zero attached hydrogens (tertiary/aromatic N) is 1. The normalized spacial score (nSPS) is 10.7. The summed E-state index contributed by atoms with van der Waals surface area (Å²) in [7, 11) is 0. The minimum atomic E-state index is -0.268. The first-order valence-electron chi connectivity index (χ1n) is 10.3. The molecular formula is C24H28N4O2S. The van der Waals surface area contributed by atoms with Crippen molar-refractivity contribution in [1.29, 1.82) is 0 Å². The zero-order chi connectivity index (χ0) is 22.4. The van der Waals surface area contributed by atoms with Crippen molar-refractivity contribution in [3.8, 4) is 5.75 Å². The van der Waals surface area contributed by atoms with Gasteiger partial charge in [0.1, 0.15) is 5.75 Å². The van der Waals surface area contributed by atoms with Crippen LogP contribution in [0.25, 0.3) is 0 Å². The van der Waals surface area contributed by atoms with Crippen LogP contribution in [0.4, 0.5) is 5.69 Å². The molecule has 0 aliphatic carbocycles. The van der Waals surface area contributed by atoms with Crippen molar-refractivity contribution >= 4 is 28.9 Å². The maximum Gasteiger partial charge on any atom is 0.257 e. The average Bonchev–Trinajstić information content (AvgIpc) is 3.06. The standard InChI is InChI=1S/C24H28N4O2S/c1-15(2)14-30-21-11-7-19(8-12-21)23(29)26-24(31)25-20-9-5-18(6-10-20)13-22-16(3)27-28-17(22)4/h5-12,15H,13-14H2,1-4H3,(H,27,28)(H2,25,26,29,31). The quantitative estimate of drug-likeness (QED) is 0.465. The first kappa shape index (κ1) is 22.5. The summed E-state index contributed by atoms with van der Waals surface area (Å²) in [6.07, 6.45) is 0.812. The van der Waals surface area contributed by atoms with Crippen LogP contribution in [0.5, 0.6) is 5.75 Å². The molecule has 0 aliphatic rings. The van der Waals surface area contributed by atoms with Crippen molar-refractivity contribution in [3.05, 3.63) is 76.6 Å². The SMILES string of the molecule is Cc1n[nH]c(C)c1Cc1ccc(NC(=S)NC(=O)c2ccc(OCC(C)C)cc2)cc1. The molecule has 162 valence electrons. The lowest BCUT2D eigenvalue weighted by molar-refractivity contribution is 0.0977. The van der Waals surface area contributed by atoms with Crippen molar-refractivity contribution in [1.82, 2.24) is 15.5 Å². The van der Waals surface area contributed by atoms with Crippen molar-refractivity contribution < 1.29 is 9.53 Å². The van der Waals surface area contributed by atoms with E-state index in [1.165, 1.54) is 11.1 Å². The first-order chi connectivity index (χ1) is 14.8. The van der Waals surface area contributed by atoms with Gasteiger partial charge in [-0.15, -0.1) is 0 Å². The van der Waals surface area contributed by atoms with Crippen LogP contribution in [0.2, 0.25) is 0 Å². The molecule has 0 aliphatic heterocycles. The lowest BCUT2D eigenvalue weighted by Gasteiger charge is -2.11. The Morgan fingerprint density at radius 1 is 1.10 bits per heavy atom. The van der Waals surface area contributed by atoms with Crippen LogP contribution in [-0.4, -0.2) is 27.8 Å². The van der Waals surface area contributed by atoms with Crippen LogP contribution >= 0.6 is 12.2 Å². The van der Waals surface area contributed by atoms with Gasteiger partial charge in [0, 0.05) is 28.9 Å². The Hall–Kier alpha value is -3.19. The molecular weight excluding hydrogens is 408 g/mol. The van der Waals surface area contributed by atoms with E-state index in [9.17, 15) is 4.79 Å². The van der Waals surface area contributed by atoms with Gasteiger partial charge in [-0.05, 0) is 73.9 Å². The Morgan fingerprint density at radius 2 is 1.77 bits per heavy atom. The third kappa shape index (κ3) is 6.39. The van der Waals surface area contributed by atoms with Gasteiger partial charge >= 0.3 is 0 Å². The van der Waals surface area contributed by atoms with Gasteiger partial charge in [0.15, 0.2) is 5.11 Å². The maximum absolute atomic E-state index is 12.4. The van der Waals surface area contributed by atoms with E-state index in [1.807, 2.05) is 38.1 Å². The molecule has 0 spiro atoms. The number of aromatic nitrogens is 2. The zero-order valence-corrected chi connectivity index (χ0v) is 19.1. The van der Waals surface area contributed by atoms with Gasteiger partial charge in [-0.1, -0.05) is 26.0 Å². The number of amides is 1. The number of aryl methyl sites for hydroxylation is 2. The summed E-state index contributed by atoms with van der Waals surface area (Å²) in [6.45, 7) is 8.84. The van der Waals surface area contributed by atoms with Crippen molar-refractivity contribution in [2.45, 2.75) is 34.1 Å². The Labute approximate surface area is 188 Å². The number of anilines is 1. The summed E-state index contributed by atoms with van der Waals surface area (Å²) in [5, 5.41) is 13.3. The van der Waals surface area contributed by atoms with Crippen molar-refractivity contribution in [2.75, 3.05) is 11.9 Å². The number of hydrogen-bond donors (Lipinski definition) is 3. The van der Waals surface area contributed by atoms with E-state index in [4.69, 9.17) is 17.0 Å². The number of benzene rings is 2. The second-order valence-electron chi connectivity index (χ2n) is 7.92. The number of carbonyl (C=O) groups is 1. The molecule has 3 N–H and O–H groups in total. The smallest absolute Gasteiger partial charge is 0.257 e. The lowest BCUT2D eigenvalue weighted by atomic mass is 10.0. The van der Waals surface area contributed by atoms with Gasteiger partial charge in [-0.3, -0.25) is 15.2 Å². The molecule has 0 bridgehead atoms. The highest BCUT2D eigenvalue weighted by atomic mass is 32.1. The molecule has 0 fully saturated rings. The molecule has 31 heavy (non-hydrogen) atoms. The molecule has 0 radical (unpaired) electrons. The highest BCUT2D eigenvalue weighted by molar-refractivity contribution is 7.80. The average molecular weight is 437 g/mol. The molecule has 0 saturated heterocycles. The van der Waals surface area contributed by atoms with E-state index in [0.717, 1.165) is 29.2 Å². The molecule has 6 nitrogen and oxygen atoms in total. The summed E-state index contributed by atoms with van der Waals surface area (Å²) < 4.78 is 5.64. The van der Waals surface area contributed by atoms with E-state index in [1.54, 1.807) is 24.3 Å². The van der Waals surface area contributed by atoms with E-state index < -0.39 is 0 Å². The number of rotatable bonds is 7. The number of carbonyl (C=O) groups excluding carboxylic acids is 1. The van der Waals surface area contributed by atoms with E-state index in [2.05, 4.69) is 34.7 Å². The molecule has 0 atom stereocenters. The second-order valence-corrected chi connectivity index (χ2v) is 8.33. The Kier molecular flexibility index (Phi) is 7.41. The molecule has 0 saturated carbocycles. The lowest BCUT2D eigenvalue weighted by Crippen LogP contribution is -2.34. The van der Waals surface area contributed by atoms with Crippen LogP contribution in [-0.2, 0) is 6.42 Å². The Balaban J connectivity index is 1.52. The topological polar surface area (TPSA) is 79.0 Å². The maximum atomic E-state index is 12.4. The zero-order valence-electron chi connectivity index (χ0n) is 18.3. The first-order valence-corrected chi connectivity index (χ1v) is 10.7. The number of nitrogens with one attached hydrogen (secondary N) is 3. The van der Waals surface area contributed by atoms with E-state index in [-0.39, 0.29) is 11.0 Å². The third-order valence-electron chi connectivity index (χ3n) is 4.80. The highest BCUT2D eigenvalue weighted by Gasteiger charge is 2.10. The molecule has 1 heterocycles. The fourth-order valence-electron chi connectivity index (χ4n) is 3.05. The van der Waals surface area contributed by atoms with Crippen LogP contribution in [0.1, 0.15) is 46.7 Å². The summed E-state index contributed by atoms with van der Waals surface area (Å²) in [4.78, 5) is 12.4. The van der Waals surface area contributed by atoms with Crippen LogP contribution in [0.3, 0.4) is 0 Å². The minimum Gasteiger partial charge on any atom is -0.493 e. The fourth-order valence-corrected chi connectivity index (χ4v) is 3.26. The predicted octanol–water partition coefficient (Wildman–Crippen LogP) is 4.78. The predicted molar refractivity (Wildman–Crippen MR) is 128 cm³/mol. The monoisotopic (exact) mass is 436 g/mol. The Bertz CT molecular complexity index is 1020. The van der Waals surface area contributed by atoms with Crippen LogP contribution in [0, 0.1) is 19.8 Å². The van der Waals surface area contributed by atoms with Gasteiger partial charge in [0.2, 0.25) is 0 Å². The minimum absolute atomic E-state index is 0.249. The van der Waals surface area contributed by atoms with Crippen LogP contribution in [0.15, 0.2) is 48.5 Å². The number of H-pyrrole nitrogens is 1. The van der Waals surface area contributed by atoms with E-state index >= 15 is 0 Å². The van der Waals surface area contributed by atoms with Gasteiger partial charge < -0.3 is 10.1 Å². The summed E-state index contributed by atoms with van der Waals surface area (Å²) in [6, 6.07) is 15.0. The molecule has 7 heteroatoms. The van der Waals surface area contributed by atoms with Crippen molar-refractivity contribution in [2.24, 2.45) is 5.92 Å².